The Morgan fingerprint density at radius 1 is 1.65 bits per heavy atom. The number of carbonyl (C=O) groups excluding carboxylic acids is 1. The highest BCUT2D eigenvalue weighted by Crippen LogP contribution is 2.37. The predicted molar refractivity (Wildman–Crippen MR) is 81.8 cm³/mol. The summed E-state index contributed by atoms with van der Waals surface area (Å²) in [7, 11) is 0. The Kier molecular flexibility index (Phi) is 4.08. The summed E-state index contributed by atoms with van der Waals surface area (Å²) < 4.78 is 12.5. The molecule has 0 radical (unpaired) electrons. The number of alkyl halides is 1. The number of rotatable bonds is 3. The van der Waals surface area contributed by atoms with E-state index in [2.05, 4.69) is 30.9 Å². The zero-order chi connectivity index (χ0) is 16.7. The maximum absolute atomic E-state index is 11.8. The predicted octanol–water partition coefficient (Wildman–Crippen LogP) is -0.713. The van der Waals surface area contributed by atoms with Gasteiger partial charge in [0, 0.05) is 6.92 Å². The fourth-order valence-corrected chi connectivity index (χ4v) is 3.17. The highest BCUT2D eigenvalue weighted by molar-refractivity contribution is 9.09. The molecule has 1 saturated heterocycles. The van der Waals surface area contributed by atoms with E-state index in [9.17, 15) is 14.7 Å². The molecule has 1 aliphatic heterocycles. The molecule has 2 aromatic heterocycles. The van der Waals surface area contributed by atoms with Crippen molar-refractivity contribution >= 4 is 39.0 Å². The van der Waals surface area contributed by atoms with Crippen molar-refractivity contribution in [3.63, 3.8) is 0 Å². The van der Waals surface area contributed by atoms with Crippen molar-refractivity contribution < 1.29 is 19.4 Å². The minimum atomic E-state index is -0.806. The normalized spacial score (nSPS) is 27.4. The zero-order valence-electron chi connectivity index (χ0n) is 12.0. The molecule has 11 heteroatoms. The second-order valence-electron chi connectivity index (χ2n) is 5.04. The number of nitrogen functional groups attached to an aromatic ring is 1. The Morgan fingerprint density at radius 2 is 2.39 bits per heavy atom. The highest BCUT2D eigenvalue weighted by atomic mass is 79.9. The van der Waals surface area contributed by atoms with Crippen molar-refractivity contribution in [1.82, 2.24) is 19.5 Å². The lowest BCUT2D eigenvalue weighted by molar-refractivity contribution is -0.152. The lowest BCUT2D eigenvalue weighted by Crippen LogP contribution is -2.32. The van der Waals surface area contributed by atoms with Crippen LogP contribution in [0.4, 0.5) is 5.95 Å². The first-order valence-electron chi connectivity index (χ1n) is 6.72. The molecule has 2 aromatic rings. The monoisotopic (exact) mass is 387 g/mol. The molecule has 0 spiro atoms. The molecular formula is C12H14BrN5O5. The lowest BCUT2D eigenvalue weighted by atomic mass is 10.2. The van der Waals surface area contributed by atoms with Gasteiger partial charge in [-0.05, 0) is 0 Å². The van der Waals surface area contributed by atoms with Gasteiger partial charge in [0.2, 0.25) is 5.95 Å². The summed E-state index contributed by atoms with van der Waals surface area (Å²) in [5.74, 6) is -0.568. The number of carbonyl (C=O) groups is 1. The summed E-state index contributed by atoms with van der Waals surface area (Å²) in [5.41, 5.74) is 5.37. The Morgan fingerprint density at radius 3 is 3.04 bits per heavy atom. The van der Waals surface area contributed by atoms with Gasteiger partial charge in [-0.15, -0.1) is 0 Å². The van der Waals surface area contributed by atoms with Crippen LogP contribution >= 0.6 is 15.9 Å². The van der Waals surface area contributed by atoms with E-state index in [-0.39, 0.29) is 23.7 Å². The van der Waals surface area contributed by atoms with Crippen LogP contribution in [0.5, 0.6) is 0 Å². The number of aliphatic hydroxyl groups excluding tert-OH is 1. The summed E-state index contributed by atoms with van der Waals surface area (Å²) >= 11 is 3.37. The van der Waals surface area contributed by atoms with E-state index in [1.807, 2.05) is 0 Å². The summed E-state index contributed by atoms with van der Waals surface area (Å²) in [4.78, 5) is 33.2. The van der Waals surface area contributed by atoms with Crippen LogP contribution in [0.2, 0.25) is 0 Å². The Hall–Kier alpha value is -1.98. The fourth-order valence-electron chi connectivity index (χ4n) is 2.51. The number of anilines is 1. The van der Waals surface area contributed by atoms with Gasteiger partial charge in [0.05, 0.1) is 23.9 Å². The van der Waals surface area contributed by atoms with Crippen molar-refractivity contribution in [1.29, 1.82) is 0 Å². The van der Waals surface area contributed by atoms with Gasteiger partial charge in [-0.25, -0.2) is 4.98 Å². The fraction of sp³-hybridized carbons (Fsp3) is 0.500. The first-order chi connectivity index (χ1) is 10.9. The maximum Gasteiger partial charge on any atom is 0.303 e. The summed E-state index contributed by atoms with van der Waals surface area (Å²) in [5, 5.41) is 9.39. The number of hydrogen-bond acceptors (Lipinski definition) is 8. The van der Waals surface area contributed by atoms with Crippen LogP contribution in [0, 0.1) is 0 Å². The quantitative estimate of drug-likeness (QED) is 0.462. The lowest BCUT2D eigenvalue weighted by Gasteiger charge is -2.21. The third kappa shape index (κ3) is 2.71. The van der Waals surface area contributed by atoms with Gasteiger partial charge in [-0.2, -0.15) is 4.98 Å². The summed E-state index contributed by atoms with van der Waals surface area (Å²) in [6.07, 6.45) is -0.780. The van der Waals surface area contributed by atoms with Gasteiger partial charge in [-0.3, -0.25) is 19.1 Å². The largest absolute Gasteiger partial charge is 0.456 e. The maximum atomic E-state index is 11.8. The van der Waals surface area contributed by atoms with Crippen LogP contribution in [0.15, 0.2) is 11.1 Å². The number of imidazole rings is 1. The van der Waals surface area contributed by atoms with E-state index in [4.69, 9.17) is 15.2 Å². The number of esters is 1. The molecule has 3 heterocycles. The zero-order valence-corrected chi connectivity index (χ0v) is 13.6. The molecule has 0 aromatic carbocycles. The van der Waals surface area contributed by atoms with Gasteiger partial charge in [0.1, 0.15) is 0 Å². The average Bonchev–Trinajstić information content (AvgIpc) is 3.01. The number of H-pyrrole nitrogens is 1. The number of ether oxygens (including phenoxy) is 2. The molecule has 1 aliphatic rings. The Labute approximate surface area is 137 Å². The van der Waals surface area contributed by atoms with Crippen LogP contribution < -0.4 is 11.3 Å². The van der Waals surface area contributed by atoms with E-state index >= 15 is 0 Å². The standard InChI is InChI=1S/C12H14BrN5O5/c1-4(20)22-8-6(13)5(2-19)23-11(8)18-3-15-7-9(18)16-12(14)17-10(7)21/h3,5-6,8,11,19H,2H2,1H3,(H3,14,16,17,21)/t5-,6+,8-,11-/m1/s1. The van der Waals surface area contributed by atoms with E-state index in [1.54, 1.807) is 0 Å². The molecule has 0 aliphatic carbocycles. The number of fused-ring (bicyclic) bond motifs is 1. The van der Waals surface area contributed by atoms with Gasteiger partial charge >= 0.3 is 5.97 Å². The first kappa shape index (κ1) is 15.9. The first-order valence-corrected chi connectivity index (χ1v) is 7.64. The molecule has 0 bridgehead atoms. The number of aromatic amines is 1. The van der Waals surface area contributed by atoms with Crippen molar-refractivity contribution in [2.24, 2.45) is 0 Å². The molecule has 23 heavy (non-hydrogen) atoms. The van der Waals surface area contributed by atoms with Crippen molar-refractivity contribution in [2.75, 3.05) is 12.3 Å². The molecule has 1 fully saturated rings. The topological polar surface area (TPSA) is 145 Å². The third-order valence-electron chi connectivity index (χ3n) is 3.47. The average molecular weight is 388 g/mol. The summed E-state index contributed by atoms with van der Waals surface area (Å²) in [6.45, 7) is 1.00. The second kappa shape index (κ2) is 5.91. The van der Waals surface area contributed by atoms with Gasteiger partial charge < -0.3 is 20.3 Å². The SMILES string of the molecule is CC(=O)O[C@@H]1[C@@H](Br)[C@@H](CO)O[C@H]1n1cnc2c(=O)[nH]c(N)nc21. The molecule has 4 atom stereocenters. The summed E-state index contributed by atoms with van der Waals surface area (Å²) in [6, 6.07) is 0. The van der Waals surface area contributed by atoms with E-state index in [0.29, 0.717) is 0 Å². The van der Waals surface area contributed by atoms with Crippen molar-refractivity contribution in [2.45, 2.75) is 30.2 Å². The smallest absolute Gasteiger partial charge is 0.303 e. The van der Waals surface area contributed by atoms with Crippen LogP contribution in [-0.4, -0.2) is 54.2 Å². The number of aliphatic hydroxyl groups is 1. The molecule has 0 saturated carbocycles. The van der Waals surface area contributed by atoms with Gasteiger partial charge in [0.15, 0.2) is 23.5 Å². The minimum absolute atomic E-state index is 0.0691. The molecular weight excluding hydrogens is 374 g/mol. The molecule has 3 rings (SSSR count). The number of nitrogens with two attached hydrogens (primary N) is 1. The number of nitrogens with zero attached hydrogens (tertiary/aromatic N) is 3. The number of hydrogen-bond donors (Lipinski definition) is 3. The van der Waals surface area contributed by atoms with Crippen LogP contribution in [0.3, 0.4) is 0 Å². The van der Waals surface area contributed by atoms with E-state index in [1.165, 1.54) is 17.8 Å². The third-order valence-corrected chi connectivity index (χ3v) is 4.58. The molecule has 10 nitrogen and oxygen atoms in total. The van der Waals surface area contributed by atoms with Crippen LogP contribution in [-0.2, 0) is 14.3 Å². The molecule has 0 amide bonds. The highest BCUT2D eigenvalue weighted by Gasteiger charge is 2.46. The second-order valence-corrected chi connectivity index (χ2v) is 6.10. The molecule has 4 N–H and O–H groups in total. The van der Waals surface area contributed by atoms with E-state index in [0.717, 1.165) is 0 Å². The van der Waals surface area contributed by atoms with Crippen molar-refractivity contribution in [3.05, 3.63) is 16.7 Å². The van der Waals surface area contributed by atoms with Crippen molar-refractivity contribution in [3.8, 4) is 0 Å². The Bertz CT molecular complexity index is 805. The number of aromatic nitrogens is 4. The van der Waals surface area contributed by atoms with Gasteiger partial charge in [0.25, 0.3) is 5.56 Å². The number of nitrogens with one attached hydrogen (secondary N) is 1. The minimum Gasteiger partial charge on any atom is -0.456 e. The Balaban J connectivity index is 2.08. The molecule has 124 valence electrons. The van der Waals surface area contributed by atoms with E-state index < -0.39 is 34.8 Å². The number of halogens is 1. The van der Waals surface area contributed by atoms with Gasteiger partial charge in [-0.1, -0.05) is 15.9 Å². The van der Waals surface area contributed by atoms with Crippen LogP contribution in [0.1, 0.15) is 13.2 Å². The van der Waals surface area contributed by atoms with Crippen LogP contribution in [0.25, 0.3) is 11.2 Å². The molecule has 0 unspecified atom stereocenters.